The van der Waals surface area contributed by atoms with E-state index in [1.54, 1.807) is 17.5 Å². The minimum atomic E-state index is -0.384. The molecule has 1 aromatic carbocycles. The Bertz CT molecular complexity index is 1280. The van der Waals surface area contributed by atoms with Crippen LogP contribution in [-0.4, -0.2) is 29.3 Å². The number of aromatic nitrogens is 1. The molecule has 2 aliphatic rings. The van der Waals surface area contributed by atoms with Crippen LogP contribution in [0.25, 0.3) is 21.3 Å². The molecule has 5 rings (SSSR count). The van der Waals surface area contributed by atoms with Gasteiger partial charge in [0.25, 0.3) is 0 Å². The van der Waals surface area contributed by atoms with Crippen LogP contribution in [-0.2, 0) is 6.42 Å². The van der Waals surface area contributed by atoms with Crippen LogP contribution in [0.15, 0.2) is 23.1 Å². The van der Waals surface area contributed by atoms with Crippen molar-refractivity contribution in [3.8, 4) is 10.4 Å². The van der Waals surface area contributed by atoms with E-state index in [1.165, 1.54) is 23.4 Å². The fraction of sp³-hybridized carbons (Fsp3) is 0.440. The molecule has 4 nitrogen and oxygen atoms in total. The van der Waals surface area contributed by atoms with Crippen LogP contribution in [0.1, 0.15) is 71.1 Å². The predicted molar refractivity (Wildman–Crippen MR) is 124 cm³/mol. The molecule has 0 bridgehead atoms. The molecule has 6 heteroatoms. The summed E-state index contributed by atoms with van der Waals surface area (Å²) in [5, 5.41) is 0.311. The van der Waals surface area contributed by atoms with Crippen molar-refractivity contribution in [2.75, 3.05) is 14.1 Å². The molecular formula is C25H27FN2O2S. The van der Waals surface area contributed by atoms with Gasteiger partial charge >= 0.3 is 0 Å². The molecular weight excluding hydrogens is 411 g/mol. The summed E-state index contributed by atoms with van der Waals surface area (Å²) in [6.07, 6.45) is 7.02. The van der Waals surface area contributed by atoms with Gasteiger partial charge in [-0.1, -0.05) is 0 Å². The third-order valence-corrected chi connectivity index (χ3v) is 8.01. The van der Waals surface area contributed by atoms with Crippen molar-refractivity contribution in [2.24, 2.45) is 0 Å². The Kier molecular flexibility index (Phi) is 4.90. The van der Waals surface area contributed by atoms with Gasteiger partial charge in [0.15, 0.2) is 11.2 Å². The highest BCUT2D eigenvalue weighted by molar-refractivity contribution is 7.15. The Morgan fingerprint density at radius 2 is 1.97 bits per heavy atom. The van der Waals surface area contributed by atoms with Crippen LogP contribution in [0.5, 0.6) is 0 Å². The van der Waals surface area contributed by atoms with Crippen LogP contribution in [0, 0.1) is 12.7 Å². The zero-order valence-corrected chi connectivity index (χ0v) is 19.2. The summed E-state index contributed by atoms with van der Waals surface area (Å²) in [5.41, 5.74) is 3.23. The number of aryl methyl sites for hydroxylation is 2. The van der Waals surface area contributed by atoms with Crippen LogP contribution < -0.4 is 5.43 Å². The number of fused-ring (bicyclic) bond motifs is 2. The van der Waals surface area contributed by atoms with Gasteiger partial charge in [0.2, 0.25) is 0 Å². The smallest absolute Gasteiger partial charge is 0.200 e. The van der Waals surface area contributed by atoms with Crippen molar-refractivity contribution in [3.63, 3.8) is 0 Å². The second kappa shape index (κ2) is 7.38. The van der Waals surface area contributed by atoms with E-state index < -0.39 is 0 Å². The van der Waals surface area contributed by atoms with Crippen LogP contribution in [0.4, 0.5) is 4.39 Å². The molecule has 1 saturated carbocycles. The SMILES string of the molecule is CC(=O)c1cn(C2CC2)c2c(C)c(-c3cc4c(s3)CCCC4N(C)C)c(F)cc2c1=O. The Balaban J connectivity index is 1.77. The van der Waals surface area contributed by atoms with Gasteiger partial charge in [0.05, 0.1) is 11.1 Å². The third-order valence-electron chi connectivity index (χ3n) is 6.78. The normalized spacial score (nSPS) is 18.6. The number of Topliss-reactive ketones (excluding diaryl/α,β-unsaturated/α-hetero) is 1. The van der Waals surface area contributed by atoms with Crippen molar-refractivity contribution in [1.82, 2.24) is 9.47 Å². The lowest BCUT2D eigenvalue weighted by Crippen LogP contribution is -2.22. The van der Waals surface area contributed by atoms with Crippen molar-refractivity contribution < 1.29 is 9.18 Å². The summed E-state index contributed by atoms with van der Waals surface area (Å²) in [6, 6.07) is 4.14. The maximum atomic E-state index is 15.5. The molecule has 3 aromatic rings. The van der Waals surface area contributed by atoms with E-state index in [0.717, 1.165) is 48.1 Å². The number of ketones is 1. The largest absolute Gasteiger partial charge is 0.343 e. The zero-order valence-electron chi connectivity index (χ0n) is 18.4. The number of hydrogen-bond donors (Lipinski definition) is 0. The Labute approximate surface area is 185 Å². The van der Waals surface area contributed by atoms with Gasteiger partial charge < -0.3 is 9.47 Å². The molecule has 0 amide bonds. The summed E-state index contributed by atoms with van der Waals surface area (Å²) in [7, 11) is 4.19. The van der Waals surface area contributed by atoms with Gasteiger partial charge in [-0.05, 0) is 83.3 Å². The number of thiophene rings is 1. The number of carbonyl (C=O) groups excluding carboxylic acids is 1. The quantitative estimate of drug-likeness (QED) is 0.494. The first kappa shape index (κ1) is 20.6. The maximum Gasteiger partial charge on any atom is 0.200 e. The van der Waals surface area contributed by atoms with E-state index in [0.29, 0.717) is 17.0 Å². The number of nitrogens with zero attached hydrogens (tertiary/aromatic N) is 2. The first-order valence-corrected chi connectivity index (χ1v) is 11.8. The zero-order chi connectivity index (χ0) is 22.0. The van der Waals surface area contributed by atoms with Gasteiger partial charge in [-0.3, -0.25) is 9.59 Å². The fourth-order valence-corrected chi connectivity index (χ4v) is 6.43. The average Bonchev–Trinajstić information content (AvgIpc) is 3.46. The number of pyridine rings is 1. The van der Waals surface area contributed by atoms with Crippen LogP contribution >= 0.6 is 11.3 Å². The Hall–Kier alpha value is -2.31. The highest BCUT2D eigenvalue weighted by atomic mass is 32.1. The maximum absolute atomic E-state index is 15.5. The molecule has 1 atom stereocenters. The molecule has 0 radical (unpaired) electrons. The molecule has 2 aliphatic carbocycles. The highest BCUT2D eigenvalue weighted by Gasteiger charge is 2.30. The van der Waals surface area contributed by atoms with E-state index in [2.05, 4.69) is 25.1 Å². The minimum absolute atomic E-state index is 0.145. The molecule has 0 saturated heterocycles. The van der Waals surface area contributed by atoms with Gasteiger partial charge in [-0.2, -0.15) is 0 Å². The molecule has 162 valence electrons. The third kappa shape index (κ3) is 3.28. The van der Waals surface area contributed by atoms with Crippen molar-refractivity contribution in [2.45, 2.75) is 58.0 Å². The molecule has 0 N–H and O–H groups in total. The molecule has 2 heterocycles. The minimum Gasteiger partial charge on any atom is -0.343 e. The van der Waals surface area contributed by atoms with E-state index in [4.69, 9.17) is 0 Å². The second-order valence-electron chi connectivity index (χ2n) is 9.18. The van der Waals surface area contributed by atoms with Crippen molar-refractivity contribution in [3.05, 3.63) is 55.9 Å². The molecule has 2 aromatic heterocycles. The highest BCUT2D eigenvalue weighted by Crippen LogP contribution is 2.45. The van der Waals surface area contributed by atoms with Crippen molar-refractivity contribution in [1.29, 1.82) is 0 Å². The monoisotopic (exact) mass is 438 g/mol. The molecule has 0 aliphatic heterocycles. The summed E-state index contributed by atoms with van der Waals surface area (Å²) in [6.45, 7) is 3.31. The van der Waals surface area contributed by atoms with E-state index in [9.17, 15) is 9.59 Å². The summed E-state index contributed by atoms with van der Waals surface area (Å²) >= 11 is 1.68. The number of halogens is 1. The molecule has 31 heavy (non-hydrogen) atoms. The molecule has 1 fully saturated rings. The summed E-state index contributed by atoms with van der Waals surface area (Å²) < 4.78 is 17.6. The second-order valence-corrected chi connectivity index (χ2v) is 10.3. The number of benzene rings is 1. The Morgan fingerprint density at radius 1 is 1.23 bits per heavy atom. The summed E-state index contributed by atoms with van der Waals surface area (Å²) in [4.78, 5) is 29.6. The Morgan fingerprint density at radius 3 is 2.61 bits per heavy atom. The topological polar surface area (TPSA) is 42.3 Å². The predicted octanol–water partition coefficient (Wildman–Crippen LogP) is 5.65. The lowest BCUT2D eigenvalue weighted by Gasteiger charge is -2.28. The van der Waals surface area contributed by atoms with Gasteiger partial charge in [-0.15, -0.1) is 11.3 Å². The lowest BCUT2D eigenvalue weighted by molar-refractivity contribution is 0.101. The van der Waals surface area contributed by atoms with E-state index >= 15 is 4.39 Å². The summed E-state index contributed by atoms with van der Waals surface area (Å²) in [5.74, 6) is -0.658. The van der Waals surface area contributed by atoms with E-state index in [1.807, 2.05) is 11.5 Å². The first-order valence-electron chi connectivity index (χ1n) is 11.0. The standard InChI is InChI=1S/C25H27FN2O2S/c1-13-23(22-11-16-20(27(3)4)6-5-7-21(16)31-22)19(26)10-17-24(13)28(15-8-9-15)12-18(14(2)29)25(17)30/h10-12,15,20H,5-9H2,1-4H3. The van der Waals surface area contributed by atoms with E-state index in [-0.39, 0.29) is 28.6 Å². The van der Waals surface area contributed by atoms with Crippen molar-refractivity contribution >= 4 is 28.0 Å². The number of hydrogen-bond acceptors (Lipinski definition) is 4. The first-order chi connectivity index (χ1) is 14.8. The number of rotatable bonds is 4. The van der Waals surface area contributed by atoms with Gasteiger partial charge in [0.1, 0.15) is 5.82 Å². The molecule has 1 unspecified atom stereocenters. The van der Waals surface area contributed by atoms with Gasteiger partial charge in [0, 0.05) is 39.0 Å². The van der Waals surface area contributed by atoms with Crippen LogP contribution in [0.2, 0.25) is 0 Å². The lowest BCUT2D eigenvalue weighted by atomic mass is 9.92. The van der Waals surface area contributed by atoms with Gasteiger partial charge in [-0.25, -0.2) is 4.39 Å². The van der Waals surface area contributed by atoms with Crippen LogP contribution in [0.3, 0.4) is 0 Å². The molecule has 0 spiro atoms. The fourth-order valence-electron chi connectivity index (χ4n) is 5.07. The average molecular weight is 439 g/mol. The number of carbonyl (C=O) groups is 1.